The van der Waals surface area contributed by atoms with Crippen LogP contribution in [0.5, 0.6) is 0 Å². The summed E-state index contributed by atoms with van der Waals surface area (Å²) >= 11 is 0. The van der Waals surface area contributed by atoms with E-state index in [1.165, 1.54) is 6.42 Å². The van der Waals surface area contributed by atoms with Crippen LogP contribution in [0.4, 0.5) is 0 Å². The van der Waals surface area contributed by atoms with Gasteiger partial charge in [-0.3, -0.25) is 0 Å². The Morgan fingerprint density at radius 2 is 2.12 bits per heavy atom. The van der Waals surface area contributed by atoms with Gasteiger partial charge in [0.2, 0.25) is 0 Å². The van der Waals surface area contributed by atoms with E-state index in [4.69, 9.17) is 0 Å². The summed E-state index contributed by atoms with van der Waals surface area (Å²) in [5.41, 5.74) is -0.432. The van der Waals surface area contributed by atoms with Crippen LogP contribution in [0.2, 0.25) is 0 Å². The number of hydrogen-bond acceptors (Lipinski definition) is 2. The highest BCUT2D eigenvalue weighted by Gasteiger charge is 2.31. The van der Waals surface area contributed by atoms with Gasteiger partial charge in [-0.25, -0.2) is 0 Å². The third kappa shape index (κ3) is 6.10. The molecule has 1 rings (SSSR count). The first kappa shape index (κ1) is 14.5. The molecular weight excluding hydrogens is 210 g/mol. The Balaban J connectivity index is 2.27. The van der Waals surface area contributed by atoms with Gasteiger partial charge < -0.3 is 10.4 Å². The molecule has 2 N–H and O–H groups in total. The van der Waals surface area contributed by atoms with Gasteiger partial charge in [0.1, 0.15) is 0 Å². The lowest BCUT2D eigenvalue weighted by Gasteiger charge is -2.35. The molecule has 0 spiro atoms. The fourth-order valence-electron chi connectivity index (χ4n) is 2.46. The predicted molar refractivity (Wildman–Crippen MR) is 72.7 cm³/mol. The molecule has 1 fully saturated rings. The quantitative estimate of drug-likeness (QED) is 0.584. The smallest absolute Gasteiger partial charge is 0.0774 e. The Kier molecular flexibility index (Phi) is 5.04. The number of hydrogen-bond donors (Lipinski definition) is 2. The highest BCUT2D eigenvalue weighted by Crippen LogP contribution is 2.31. The molecule has 1 aliphatic rings. The summed E-state index contributed by atoms with van der Waals surface area (Å²) in [6, 6.07) is 0. The van der Waals surface area contributed by atoms with Crippen molar-refractivity contribution in [2.24, 2.45) is 11.3 Å². The van der Waals surface area contributed by atoms with Crippen LogP contribution in [-0.4, -0.2) is 23.8 Å². The molecule has 0 amide bonds. The average Bonchev–Trinajstić information content (AvgIpc) is 2.14. The summed E-state index contributed by atoms with van der Waals surface area (Å²) in [4.78, 5) is 0. The summed E-state index contributed by atoms with van der Waals surface area (Å²) in [5.74, 6) is 6.96. The molecule has 0 aliphatic heterocycles. The maximum atomic E-state index is 10.4. The van der Waals surface area contributed by atoms with Gasteiger partial charge in [0.25, 0.3) is 0 Å². The Bertz CT molecular complexity index is 294. The molecule has 2 atom stereocenters. The van der Waals surface area contributed by atoms with Gasteiger partial charge in [-0.1, -0.05) is 31.6 Å². The number of aliphatic hydroxyl groups is 1. The van der Waals surface area contributed by atoms with Crippen molar-refractivity contribution >= 4 is 0 Å². The van der Waals surface area contributed by atoms with E-state index in [1.807, 2.05) is 0 Å². The van der Waals surface area contributed by atoms with Crippen LogP contribution in [0.1, 0.15) is 53.4 Å². The second kappa shape index (κ2) is 5.89. The Labute approximate surface area is 106 Å². The molecule has 98 valence electrons. The Morgan fingerprint density at radius 3 is 2.71 bits per heavy atom. The lowest BCUT2D eigenvalue weighted by atomic mass is 9.79. The Hall–Kier alpha value is -0.520. The third-order valence-electron chi connectivity index (χ3n) is 3.20. The van der Waals surface area contributed by atoms with Crippen LogP contribution < -0.4 is 5.32 Å². The molecule has 0 saturated heterocycles. The van der Waals surface area contributed by atoms with Gasteiger partial charge in [-0.05, 0) is 39.5 Å². The minimum absolute atomic E-state index is 0.0674. The van der Waals surface area contributed by atoms with Crippen LogP contribution in [0.15, 0.2) is 0 Å². The molecule has 0 bridgehead atoms. The van der Waals surface area contributed by atoms with Crippen LogP contribution >= 0.6 is 0 Å². The summed E-state index contributed by atoms with van der Waals surface area (Å²) in [5, 5.41) is 13.7. The largest absolute Gasteiger partial charge is 0.389 e. The first-order chi connectivity index (χ1) is 7.81. The van der Waals surface area contributed by atoms with E-state index in [2.05, 4.69) is 44.9 Å². The molecule has 1 saturated carbocycles. The number of nitrogens with one attached hydrogen (secondary N) is 1. The molecular formula is C15H27NO. The highest BCUT2D eigenvalue weighted by atomic mass is 16.3. The van der Waals surface area contributed by atoms with Gasteiger partial charge in [0.05, 0.1) is 12.1 Å². The predicted octanol–water partition coefficient (Wildman–Crippen LogP) is 2.57. The lowest BCUT2D eigenvalue weighted by Crippen LogP contribution is -2.44. The highest BCUT2D eigenvalue weighted by molar-refractivity contribution is 5.08. The molecule has 0 aromatic heterocycles. The maximum Gasteiger partial charge on any atom is 0.0774 e. The van der Waals surface area contributed by atoms with Crippen molar-refractivity contribution in [1.29, 1.82) is 0 Å². The van der Waals surface area contributed by atoms with Gasteiger partial charge >= 0.3 is 0 Å². The molecule has 0 aromatic carbocycles. The maximum absolute atomic E-state index is 10.4. The van der Waals surface area contributed by atoms with Crippen LogP contribution in [-0.2, 0) is 0 Å². The van der Waals surface area contributed by atoms with Gasteiger partial charge in [-0.15, -0.1) is 0 Å². The van der Waals surface area contributed by atoms with Crippen molar-refractivity contribution < 1.29 is 5.11 Å². The van der Waals surface area contributed by atoms with Crippen molar-refractivity contribution in [3.05, 3.63) is 0 Å². The zero-order valence-corrected chi connectivity index (χ0v) is 11.8. The second-order valence-electron chi connectivity index (χ2n) is 6.58. The summed E-state index contributed by atoms with van der Waals surface area (Å²) in [6.07, 6.45) is 4.25. The molecule has 0 heterocycles. The molecule has 1 aliphatic carbocycles. The molecule has 0 aromatic rings. The Morgan fingerprint density at radius 1 is 1.41 bits per heavy atom. The average molecular weight is 237 g/mol. The topological polar surface area (TPSA) is 32.3 Å². The summed E-state index contributed by atoms with van der Waals surface area (Å²) in [7, 11) is 0. The van der Waals surface area contributed by atoms with Crippen molar-refractivity contribution in [1.82, 2.24) is 5.32 Å². The minimum Gasteiger partial charge on any atom is -0.389 e. The van der Waals surface area contributed by atoms with Gasteiger partial charge in [0, 0.05) is 12.0 Å². The second-order valence-corrected chi connectivity index (χ2v) is 6.58. The first-order valence-corrected chi connectivity index (χ1v) is 6.74. The fourth-order valence-corrected chi connectivity index (χ4v) is 2.46. The van der Waals surface area contributed by atoms with E-state index in [9.17, 15) is 5.11 Å². The van der Waals surface area contributed by atoms with Crippen LogP contribution in [0, 0.1) is 23.2 Å². The van der Waals surface area contributed by atoms with E-state index in [0.717, 1.165) is 19.3 Å². The molecule has 17 heavy (non-hydrogen) atoms. The van der Waals surface area contributed by atoms with Crippen molar-refractivity contribution in [2.75, 3.05) is 13.1 Å². The lowest BCUT2D eigenvalue weighted by molar-refractivity contribution is -0.0108. The van der Waals surface area contributed by atoms with Crippen molar-refractivity contribution in [2.45, 2.75) is 59.0 Å². The zero-order valence-electron chi connectivity index (χ0n) is 11.8. The van der Waals surface area contributed by atoms with E-state index < -0.39 is 5.60 Å². The molecule has 2 nitrogen and oxygen atoms in total. The van der Waals surface area contributed by atoms with Gasteiger partial charge in [-0.2, -0.15) is 0 Å². The summed E-state index contributed by atoms with van der Waals surface area (Å²) in [6.45, 7) is 9.90. The molecule has 2 unspecified atom stereocenters. The number of rotatable bonds is 3. The van der Waals surface area contributed by atoms with Crippen molar-refractivity contribution in [3.8, 4) is 11.8 Å². The zero-order chi connectivity index (χ0) is 12.9. The van der Waals surface area contributed by atoms with E-state index in [1.54, 1.807) is 0 Å². The first-order valence-electron chi connectivity index (χ1n) is 6.74. The van der Waals surface area contributed by atoms with E-state index in [0.29, 0.717) is 19.0 Å². The SMILES string of the molecule is CC1CCCC(O)(CNCC#CC(C)(C)C)C1. The molecule has 0 radical (unpaired) electrons. The van der Waals surface area contributed by atoms with E-state index in [-0.39, 0.29) is 5.41 Å². The van der Waals surface area contributed by atoms with Gasteiger partial charge in [0.15, 0.2) is 0 Å². The fraction of sp³-hybridized carbons (Fsp3) is 0.867. The normalized spacial score (nSPS) is 29.6. The van der Waals surface area contributed by atoms with Crippen molar-refractivity contribution in [3.63, 3.8) is 0 Å². The van der Waals surface area contributed by atoms with Crippen LogP contribution in [0.25, 0.3) is 0 Å². The van der Waals surface area contributed by atoms with E-state index >= 15 is 0 Å². The monoisotopic (exact) mass is 237 g/mol. The molecule has 2 heteroatoms. The minimum atomic E-state index is -0.499. The third-order valence-corrected chi connectivity index (χ3v) is 3.20. The van der Waals surface area contributed by atoms with Crippen LogP contribution in [0.3, 0.4) is 0 Å². The standard InChI is InChI=1S/C15H27NO/c1-13-7-5-9-15(17,11-13)12-16-10-6-8-14(2,3)4/h13,16-17H,5,7,9-12H2,1-4H3. The summed E-state index contributed by atoms with van der Waals surface area (Å²) < 4.78 is 0.